The van der Waals surface area contributed by atoms with Gasteiger partial charge in [-0.1, -0.05) is 67.6 Å². The Balaban J connectivity index is 1.72. The highest BCUT2D eigenvalue weighted by Gasteiger charge is 2.76. The molecule has 0 radical (unpaired) electrons. The van der Waals surface area contributed by atoms with Gasteiger partial charge in [-0.05, 0) is 24.5 Å². The zero-order valence-electron chi connectivity index (χ0n) is 17.9. The summed E-state index contributed by atoms with van der Waals surface area (Å²) in [7, 11) is 0. The number of hydrogen-bond acceptors (Lipinski definition) is 5. The van der Waals surface area contributed by atoms with Gasteiger partial charge in [0, 0.05) is 6.54 Å². The number of amides is 1. The molecular formula is C25H29NO5. The maximum Gasteiger partial charge on any atom is 0.307 e. The molecular weight excluding hydrogens is 394 g/mol. The number of esters is 1. The smallest absolute Gasteiger partial charge is 0.307 e. The first-order valence-corrected chi connectivity index (χ1v) is 11.0. The zero-order chi connectivity index (χ0) is 22.0. The zero-order valence-corrected chi connectivity index (χ0v) is 17.9. The Morgan fingerprint density at radius 2 is 1.71 bits per heavy atom. The summed E-state index contributed by atoms with van der Waals surface area (Å²) in [6.07, 6.45) is -1.17. The van der Waals surface area contributed by atoms with E-state index in [0.29, 0.717) is 13.0 Å². The molecule has 31 heavy (non-hydrogen) atoms. The fraction of sp³-hybridized carbons (Fsp3) is 0.440. The van der Waals surface area contributed by atoms with Crippen LogP contribution < -0.4 is 0 Å². The number of carbonyl (C=O) groups excluding carboxylic acids is 2. The second-order valence-corrected chi connectivity index (χ2v) is 8.12. The molecule has 6 nitrogen and oxygen atoms in total. The van der Waals surface area contributed by atoms with Crippen LogP contribution in [0.1, 0.15) is 50.0 Å². The molecule has 2 aromatic rings. The lowest BCUT2D eigenvalue weighted by atomic mass is 9.54. The first-order chi connectivity index (χ1) is 15.1. The van der Waals surface area contributed by atoms with Crippen LogP contribution in [0.5, 0.6) is 0 Å². The van der Waals surface area contributed by atoms with E-state index in [2.05, 4.69) is 0 Å². The third-order valence-corrected chi connectivity index (χ3v) is 6.43. The largest absolute Gasteiger partial charge is 0.466 e. The predicted molar refractivity (Wildman–Crippen MR) is 115 cm³/mol. The summed E-state index contributed by atoms with van der Waals surface area (Å²) in [5.74, 6) is -0.402. The summed E-state index contributed by atoms with van der Waals surface area (Å²) in [6.45, 7) is 4.24. The van der Waals surface area contributed by atoms with Crippen molar-refractivity contribution in [2.45, 2.75) is 51.0 Å². The van der Waals surface area contributed by atoms with Crippen molar-refractivity contribution in [1.29, 1.82) is 0 Å². The molecule has 2 heterocycles. The van der Waals surface area contributed by atoms with Crippen LogP contribution in [-0.4, -0.2) is 47.2 Å². The maximum absolute atomic E-state index is 13.7. The van der Waals surface area contributed by atoms with E-state index in [1.54, 1.807) is 11.8 Å². The first-order valence-electron chi connectivity index (χ1n) is 11.0. The minimum Gasteiger partial charge on any atom is -0.466 e. The summed E-state index contributed by atoms with van der Waals surface area (Å²) in [4.78, 5) is 27.4. The van der Waals surface area contributed by atoms with Crippen molar-refractivity contribution in [2.24, 2.45) is 5.41 Å². The van der Waals surface area contributed by atoms with Gasteiger partial charge in [0.25, 0.3) is 0 Å². The molecule has 0 bridgehead atoms. The molecule has 2 saturated heterocycles. The lowest BCUT2D eigenvalue weighted by molar-refractivity contribution is -0.326. The van der Waals surface area contributed by atoms with Crippen LogP contribution in [0.25, 0.3) is 0 Å². The molecule has 0 aliphatic carbocycles. The average Bonchev–Trinajstić information content (AvgIpc) is 2.78. The summed E-state index contributed by atoms with van der Waals surface area (Å²) >= 11 is 0. The van der Waals surface area contributed by atoms with Gasteiger partial charge in [0.05, 0.1) is 25.2 Å². The van der Waals surface area contributed by atoms with Crippen molar-refractivity contribution in [1.82, 2.24) is 4.90 Å². The number of aliphatic hydroxyl groups is 1. The number of β-lactam (4-membered cyclic amide) rings is 1. The van der Waals surface area contributed by atoms with E-state index in [1.807, 2.05) is 67.6 Å². The summed E-state index contributed by atoms with van der Waals surface area (Å²) < 4.78 is 11.2. The van der Waals surface area contributed by atoms with E-state index in [1.165, 1.54) is 0 Å². The topological polar surface area (TPSA) is 76.1 Å². The number of carbonyl (C=O) groups is 2. The summed E-state index contributed by atoms with van der Waals surface area (Å²) in [5.41, 5.74) is 0.997. The number of hydrogen-bond donors (Lipinski definition) is 1. The number of ether oxygens (including phenoxy) is 2. The fourth-order valence-electron chi connectivity index (χ4n) is 5.03. The minimum atomic E-state index is -0.896. The van der Waals surface area contributed by atoms with Crippen LogP contribution in [0, 0.1) is 5.41 Å². The third kappa shape index (κ3) is 3.44. The van der Waals surface area contributed by atoms with Gasteiger partial charge in [0.1, 0.15) is 17.6 Å². The molecule has 0 aromatic heterocycles. The van der Waals surface area contributed by atoms with Crippen LogP contribution in [0.15, 0.2) is 60.7 Å². The summed E-state index contributed by atoms with van der Waals surface area (Å²) in [5, 5.41) is 10.7. The van der Waals surface area contributed by atoms with Gasteiger partial charge >= 0.3 is 5.97 Å². The van der Waals surface area contributed by atoms with E-state index in [0.717, 1.165) is 11.1 Å². The molecule has 2 aromatic carbocycles. The van der Waals surface area contributed by atoms with Gasteiger partial charge in [0.2, 0.25) is 5.91 Å². The van der Waals surface area contributed by atoms with Crippen molar-refractivity contribution in [2.75, 3.05) is 13.2 Å². The Kier molecular flexibility index (Phi) is 6.12. The predicted octanol–water partition coefficient (Wildman–Crippen LogP) is 3.42. The van der Waals surface area contributed by atoms with Crippen molar-refractivity contribution >= 4 is 11.9 Å². The van der Waals surface area contributed by atoms with Crippen molar-refractivity contribution in [3.05, 3.63) is 71.8 Å². The van der Waals surface area contributed by atoms with Crippen molar-refractivity contribution in [3.8, 4) is 0 Å². The Morgan fingerprint density at radius 1 is 1.10 bits per heavy atom. The first kappa shape index (κ1) is 21.5. The monoisotopic (exact) mass is 423 g/mol. The van der Waals surface area contributed by atoms with E-state index in [4.69, 9.17) is 9.47 Å². The van der Waals surface area contributed by atoms with Crippen molar-refractivity contribution < 1.29 is 24.2 Å². The molecule has 164 valence electrons. The number of rotatable bonds is 8. The standard InChI is InChI=1S/C25H29NO5/c1-3-19(27)23-25(22(31-23)18-13-9-6-10-14-18)21(17-11-7-5-8-12-17)26(24(25)29)16-15-20(28)30-4-2/h5-14,19,21-23,27H,3-4,15-16H2,1-2H3/t19-,21-,22+,23-,25+/m1/s1. The lowest BCUT2D eigenvalue weighted by Crippen LogP contribution is -2.78. The molecule has 1 N–H and O–H groups in total. The number of likely N-dealkylation sites (tertiary alicyclic amines) is 1. The van der Waals surface area contributed by atoms with Gasteiger partial charge in [-0.15, -0.1) is 0 Å². The van der Waals surface area contributed by atoms with Crippen LogP contribution >= 0.6 is 0 Å². The Morgan fingerprint density at radius 3 is 2.29 bits per heavy atom. The number of benzene rings is 2. The van der Waals surface area contributed by atoms with Gasteiger partial charge in [-0.3, -0.25) is 9.59 Å². The highest BCUT2D eigenvalue weighted by molar-refractivity contribution is 5.94. The van der Waals surface area contributed by atoms with Crippen LogP contribution in [0.4, 0.5) is 0 Å². The van der Waals surface area contributed by atoms with Crippen molar-refractivity contribution in [3.63, 3.8) is 0 Å². The second kappa shape index (κ2) is 8.81. The molecule has 6 heteroatoms. The summed E-state index contributed by atoms with van der Waals surface area (Å²) in [6, 6.07) is 19.2. The fourth-order valence-corrected chi connectivity index (χ4v) is 5.03. The Hall–Kier alpha value is -2.70. The number of aliphatic hydroxyl groups excluding tert-OH is 1. The van der Waals surface area contributed by atoms with Gasteiger partial charge < -0.3 is 19.5 Å². The molecule has 5 atom stereocenters. The quantitative estimate of drug-likeness (QED) is 0.520. The molecule has 1 amide bonds. The van der Waals surface area contributed by atoms with E-state index >= 15 is 0 Å². The van der Waals surface area contributed by atoms with E-state index in [9.17, 15) is 14.7 Å². The highest BCUT2D eigenvalue weighted by atomic mass is 16.5. The molecule has 0 unspecified atom stereocenters. The molecule has 4 rings (SSSR count). The van der Waals surface area contributed by atoms with Gasteiger partial charge in [-0.25, -0.2) is 0 Å². The second-order valence-electron chi connectivity index (χ2n) is 8.12. The number of nitrogens with zero attached hydrogens (tertiary/aromatic N) is 1. The van der Waals surface area contributed by atoms with E-state index in [-0.39, 0.29) is 30.9 Å². The average molecular weight is 424 g/mol. The Bertz CT molecular complexity index is 918. The van der Waals surface area contributed by atoms with Gasteiger partial charge in [-0.2, -0.15) is 0 Å². The molecule has 0 saturated carbocycles. The van der Waals surface area contributed by atoms with Crippen LogP contribution in [0.2, 0.25) is 0 Å². The molecule has 2 fully saturated rings. The highest BCUT2D eigenvalue weighted by Crippen LogP contribution is 2.67. The Labute approximate surface area is 182 Å². The normalized spacial score (nSPS) is 28.0. The SMILES string of the molecule is CCOC(=O)CCN1C(=O)[C@@]2([C@@H]([C@H](O)CC)O[C@H]2c2ccccc2)[C@H]1c1ccccc1. The lowest BCUT2D eigenvalue weighted by Gasteiger charge is -2.68. The molecule has 1 spiro atoms. The van der Waals surface area contributed by atoms with Gasteiger partial charge in [0.15, 0.2) is 0 Å². The third-order valence-electron chi connectivity index (χ3n) is 6.43. The van der Waals surface area contributed by atoms with Crippen LogP contribution in [0.3, 0.4) is 0 Å². The van der Waals surface area contributed by atoms with E-state index < -0.39 is 23.7 Å². The maximum atomic E-state index is 13.7. The molecule has 2 aliphatic rings. The van der Waals surface area contributed by atoms with Crippen LogP contribution in [-0.2, 0) is 19.1 Å². The minimum absolute atomic E-state index is 0.0803. The molecule has 2 aliphatic heterocycles.